The van der Waals surface area contributed by atoms with Crippen molar-refractivity contribution in [3.05, 3.63) is 107 Å². The fourth-order valence-corrected chi connectivity index (χ4v) is 5.64. The summed E-state index contributed by atoms with van der Waals surface area (Å²) in [4.78, 5) is 34.7. The molecule has 0 saturated heterocycles. The maximum Gasteiger partial charge on any atom is 0.416 e. The first kappa shape index (κ1) is 37.5. The van der Waals surface area contributed by atoms with E-state index < -0.39 is 11.7 Å². The van der Waals surface area contributed by atoms with E-state index in [9.17, 15) is 27.2 Å². The Morgan fingerprint density at radius 1 is 0.837 bits per heavy atom. The Morgan fingerprint density at radius 2 is 1.45 bits per heavy atom. The Morgan fingerprint density at radius 3 is 2.02 bits per heavy atom. The fraction of sp³-hybridized carbons (Fsp3) is 0.395. The summed E-state index contributed by atoms with van der Waals surface area (Å²) in [5.41, 5.74) is 10.0. The highest BCUT2D eigenvalue weighted by Crippen LogP contribution is 2.31. The van der Waals surface area contributed by atoms with E-state index in [0.717, 1.165) is 48.3 Å². The summed E-state index contributed by atoms with van der Waals surface area (Å²) in [6, 6.07) is 18.5. The minimum absolute atomic E-state index is 0.0302. The molecule has 0 aliphatic heterocycles. The Kier molecular flexibility index (Phi) is 13.7. The molecule has 0 unspecified atom stereocenters. The maximum absolute atomic E-state index is 13.5. The number of nitrogens with two attached hydrogens (primary N) is 1. The van der Waals surface area contributed by atoms with E-state index in [0.29, 0.717) is 67.9 Å². The van der Waals surface area contributed by atoms with Crippen LogP contribution in [0.1, 0.15) is 56.2 Å². The lowest BCUT2D eigenvalue weighted by molar-refractivity contribution is -0.138. The molecule has 0 saturated carbocycles. The van der Waals surface area contributed by atoms with E-state index in [1.807, 2.05) is 24.3 Å². The minimum Gasteiger partial charge on any atom is -0.402 e. The third kappa shape index (κ3) is 11.4. The maximum atomic E-state index is 13.5. The molecule has 2 N–H and O–H groups in total. The SMILES string of the molecule is CCN(CC)CCN(Cc1ccc(-c2ccc(C(F)(F)F)cc2)cc1)C(=O)COCC(CCc1ccc(F)cc1)=NC(=O)C1=C(N)CCC1. The van der Waals surface area contributed by atoms with Crippen molar-refractivity contribution in [2.24, 2.45) is 10.7 Å². The van der Waals surface area contributed by atoms with Gasteiger partial charge >= 0.3 is 6.18 Å². The molecular formula is C38H44F4N4O3. The Hall–Kier alpha value is -4.35. The number of benzene rings is 3. The van der Waals surface area contributed by atoms with Gasteiger partial charge < -0.3 is 20.3 Å². The second-order valence-corrected chi connectivity index (χ2v) is 12.1. The van der Waals surface area contributed by atoms with Crippen LogP contribution in [0.4, 0.5) is 17.6 Å². The lowest BCUT2D eigenvalue weighted by Crippen LogP contribution is -2.40. The second kappa shape index (κ2) is 17.9. The molecule has 49 heavy (non-hydrogen) atoms. The predicted molar refractivity (Wildman–Crippen MR) is 183 cm³/mol. The highest BCUT2D eigenvalue weighted by molar-refractivity contribution is 6.04. The van der Waals surface area contributed by atoms with Gasteiger partial charge in [-0.15, -0.1) is 0 Å². The van der Waals surface area contributed by atoms with Crippen LogP contribution in [-0.4, -0.2) is 66.7 Å². The van der Waals surface area contributed by atoms with E-state index >= 15 is 0 Å². The number of rotatable bonds is 16. The van der Waals surface area contributed by atoms with Crippen LogP contribution in [0.5, 0.6) is 0 Å². The van der Waals surface area contributed by atoms with E-state index in [1.54, 1.807) is 17.0 Å². The van der Waals surface area contributed by atoms with Crippen LogP contribution in [-0.2, 0) is 33.5 Å². The van der Waals surface area contributed by atoms with Gasteiger partial charge in [0.2, 0.25) is 5.91 Å². The molecule has 0 radical (unpaired) electrons. The summed E-state index contributed by atoms with van der Waals surface area (Å²) in [6.45, 7) is 6.96. The van der Waals surface area contributed by atoms with Crippen LogP contribution in [0.2, 0.25) is 0 Å². The molecule has 11 heteroatoms. The Balaban J connectivity index is 1.43. The molecule has 7 nitrogen and oxygen atoms in total. The van der Waals surface area contributed by atoms with Crippen LogP contribution in [0.25, 0.3) is 11.1 Å². The van der Waals surface area contributed by atoms with Crippen LogP contribution >= 0.6 is 0 Å². The highest BCUT2D eigenvalue weighted by atomic mass is 19.4. The molecular weight excluding hydrogens is 636 g/mol. The Bertz CT molecular complexity index is 1600. The van der Waals surface area contributed by atoms with Gasteiger partial charge in [0.1, 0.15) is 12.4 Å². The number of hydrogen-bond donors (Lipinski definition) is 1. The molecule has 3 aromatic carbocycles. The van der Waals surface area contributed by atoms with Crippen molar-refractivity contribution in [2.45, 2.75) is 58.7 Å². The molecule has 0 aromatic heterocycles. The van der Waals surface area contributed by atoms with Crippen LogP contribution in [0, 0.1) is 5.82 Å². The first-order valence-electron chi connectivity index (χ1n) is 16.6. The van der Waals surface area contributed by atoms with Crippen molar-refractivity contribution in [1.82, 2.24) is 9.80 Å². The van der Waals surface area contributed by atoms with Crippen molar-refractivity contribution < 1.29 is 31.9 Å². The predicted octanol–water partition coefficient (Wildman–Crippen LogP) is 7.20. The number of ether oxygens (including phenoxy) is 1. The van der Waals surface area contributed by atoms with Gasteiger partial charge in [-0.1, -0.05) is 62.4 Å². The fourth-order valence-electron chi connectivity index (χ4n) is 5.64. The number of aliphatic imine (C=N–C) groups is 1. The molecule has 1 aliphatic carbocycles. The van der Waals surface area contributed by atoms with Gasteiger partial charge in [-0.25, -0.2) is 9.38 Å². The molecule has 2 amide bonds. The number of aryl methyl sites for hydroxylation is 1. The quantitative estimate of drug-likeness (QED) is 0.128. The van der Waals surface area contributed by atoms with E-state index in [4.69, 9.17) is 10.5 Å². The van der Waals surface area contributed by atoms with Crippen molar-refractivity contribution in [3.8, 4) is 11.1 Å². The number of nitrogens with zero attached hydrogens (tertiary/aromatic N) is 3. The van der Waals surface area contributed by atoms with E-state index in [1.165, 1.54) is 24.3 Å². The zero-order chi connectivity index (χ0) is 35.4. The third-order valence-electron chi connectivity index (χ3n) is 8.69. The van der Waals surface area contributed by atoms with Crippen LogP contribution in [0.15, 0.2) is 89.1 Å². The molecule has 262 valence electrons. The number of likely N-dealkylation sites (N-methyl/N-ethyl adjacent to an activating group) is 1. The van der Waals surface area contributed by atoms with Gasteiger partial charge in [-0.3, -0.25) is 9.59 Å². The normalized spacial score (nSPS) is 13.7. The van der Waals surface area contributed by atoms with Gasteiger partial charge in [0.15, 0.2) is 0 Å². The largest absolute Gasteiger partial charge is 0.416 e. The van der Waals surface area contributed by atoms with E-state index in [-0.39, 0.29) is 30.8 Å². The first-order valence-corrected chi connectivity index (χ1v) is 16.6. The standard InChI is InChI=1S/C38H44F4N4O3/c1-3-45(4-2)22-23-46(24-28-8-13-29(14-9-28)30-15-17-31(18-16-30)38(40,41)42)36(47)26-49-25-33(21-12-27-10-19-32(39)20-11-27)44-37(48)34-6-5-7-35(34)43/h8-11,13-20H,3-7,12,21-26,43H2,1-2H3. The monoisotopic (exact) mass is 680 g/mol. The summed E-state index contributed by atoms with van der Waals surface area (Å²) in [5.74, 6) is -0.954. The summed E-state index contributed by atoms with van der Waals surface area (Å²) in [7, 11) is 0. The number of carbonyl (C=O) groups is 2. The summed E-state index contributed by atoms with van der Waals surface area (Å²) in [5, 5.41) is 0. The molecule has 4 rings (SSSR count). The molecule has 3 aromatic rings. The molecule has 0 heterocycles. The Labute approximate surface area is 285 Å². The number of carbonyl (C=O) groups excluding carboxylic acids is 2. The van der Waals surface area contributed by atoms with Crippen molar-refractivity contribution in [3.63, 3.8) is 0 Å². The van der Waals surface area contributed by atoms with Crippen LogP contribution in [0.3, 0.4) is 0 Å². The smallest absolute Gasteiger partial charge is 0.402 e. The lowest BCUT2D eigenvalue weighted by Gasteiger charge is -2.27. The van der Waals surface area contributed by atoms with Crippen molar-refractivity contribution in [2.75, 3.05) is 39.4 Å². The number of allylic oxidation sites excluding steroid dienone is 1. The first-order chi connectivity index (χ1) is 23.5. The number of alkyl halides is 3. The lowest BCUT2D eigenvalue weighted by atomic mass is 10.0. The summed E-state index contributed by atoms with van der Waals surface area (Å²) < 4.78 is 58.2. The number of halogens is 4. The van der Waals surface area contributed by atoms with Gasteiger partial charge in [-0.05, 0) is 91.7 Å². The minimum atomic E-state index is -4.40. The van der Waals surface area contributed by atoms with Gasteiger partial charge in [0.05, 0.1) is 12.2 Å². The molecule has 0 fully saturated rings. The van der Waals surface area contributed by atoms with Crippen LogP contribution < -0.4 is 5.73 Å². The average Bonchev–Trinajstić information content (AvgIpc) is 3.53. The molecule has 0 bridgehead atoms. The van der Waals surface area contributed by atoms with E-state index in [2.05, 4.69) is 23.7 Å². The average molecular weight is 681 g/mol. The number of hydrogen-bond acceptors (Lipinski definition) is 5. The van der Waals surface area contributed by atoms with Gasteiger partial charge in [0.25, 0.3) is 5.91 Å². The molecule has 0 spiro atoms. The van der Waals surface area contributed by atoms with Gasteiger partial charge in [0, 0.05) is 36.6 Å². The third-order valence-corrected chi connectivity index (χ3v) is 8.69. The van der Waals surface area contributed by atoms with Gasteiger partial charge in [-0.2, -0.15) is 13.2 Å². The zero-order valence-corrected chi connectivity index (χ0v) is 28.1. The van der Waals surface area contributed by atoms with Crippen molar-refractivity contribution in [1.29, 1.82) is 0 Å². The second-order valence-electron chi connectivity index (χ2n) is 12.1. The molecule has 1 aliphatic rings. The topological polar surface area (TPSA) is 88.2 Å². The van der Waals surface area contributed by atoms with Crippen molar-refractivity contribution >= 4 is 17.5 Å². The summed E-state index contributed by atoms with van der Waals surface area (Å²) >= 11 is 0. The highest BCUT2D eigenvalue weighted by Gasteiger charge is 2.30. The number of amides is 2. The zero-order valence-electron chi connectivity index (χ0n) is 28.1. The molecule has 0 atom stereocenters. The summed E-state index contributed by atoms with van der Waals surface area (Å²) in [6.07, 6.45) is -1.46.